The largest absolute Gasteiger partial charge is 0.390 e. The first-order valence-electron chi connectivity index (χ1n) is 10.6. The molecule has 0 aromatic rings. The lowest BCUT2D eigenvalue weighted by atomic mass is 10.1. The van der Waals surface area contributed by atoms with Gasteiger partial charge in [0.05, 0.1) is 0 Å². The van der Waals surface area contributed by atoms with Crippen LogP contribution in [0, 0.1) is 0 Å². The summed E-state index contributed by atoms with van der Waals surface area (Å²) in [6.07, 6.45) is 7.29. The zero-order valence-corrected chi connectivity index (χ0v) is 18.0. The van der Waals surface area contributed by atoms with Crippen molar-refractivity contribution < 1.29 is 28.5 Å². The lowest BCUT2D eigenvalue weighted by molar-refractivity contribution is -0.166. The van der Waals surface area contributed by atoms with Crippen LogP contribution in [0.25, 0.3) is 0 Å². The van der Waals surface area contributed by atoms with Crippen molar-refractivity contribution in [3.63, 3.8) is 0 Å². The highest BCUT2D eigenvalue weighted by Gasteiger charge is 2.31. The van der Waals surface area contributed by atoms with Gasteiger partial charge in [0, 0.05) is 0 Å². The molecule has 0 spiro atoms. The van der Waals surface area contributed by atoms with Crippen LogP contribution in [0.4, 0.5) is 0 Å². The second-order valence-corrected chi connectivity index (χ2v) is 8.86. The molecule has 8 nitrogen and oxygen atoms in total. The van der Waals surface area contributed by atoms with Crippen LogP contribution in [0.5, 0.6) is 0 Å². The number of carbonyl (C=O) groups excluding carboxylic acids is 2. The van der Waals surface area contributed by atoms with Gasteiger partial charge in [0.1, 0.15) is 11.9 Å². The van der Waals surface area contributed by atoms with Gasteiger partial charge in [-0.05, 0) is 51.6 Å². The standard InChI is InChI=1S/C19H37N2O6P/c1-2-3-4-5-6-12-17(22)28(25)27-16(11-7-8-13-20)19(24)26-18(23)15-10-9-14-21-15/h15-17,21-22,28H,2-14,20H2,1H3/t15-,16?,17?/m0/s1. The molecule has 4 N–H and O–H groups in total. The first-order valence-corrected chi connectivity index (χ1v) is 12.0. The Morgan fingerprint density at radius 3 is 2.54 bits per heavy atom. The molecule has 0 radical (unpaired) electrons. The van der Waals surface area contributed by atoms with Gasteiger partial charge in [-0.15, -0.1) is 0 Å². The Morgan fingerprint density at radius 1 is 1.18 bits per heavy atom. The van der Waals surface area contributed by atoms with Gasteiger partial charge in [0.25, 0.3) is 0 Å². The monoisotopic (exact) mass is 420 g/mol. The zero-order valence-electron chi connectivity index (χ0n) is 17.0. The third-order valence-electron chi connectivity index (χ3n) is 4.84. The van der Waals surface area contributed by atoms with Crippen molar-refractivity contribution in [1.29, 1.82) is 0 Å². The third-order valence-corrected chi connectivity index (χ3v) is 6.19. The summed E-state index contributed by atoms with van der Waals surface area (Å²) in [6, 6.07) is -0.487. The normalized spacial score (nSPS) is 19.9. The first kappa shape index (κ1) is 25.2. The van der Waals surface area contributed by atoms with E-state index >= 15 is 0 Å². The van der Waals surface area contributed by atoms with Gasteiger partial charge in [-0.2, -0.15) is 0 Å². The van der Waals surface area contributed by atoms with Gasteiger partial charge in [0.15, 0.2) is 6.10 Å². The quantitative estimate of drug-likeness (QED) is 0.160. The maximum atomic E-state index is 12.4. The van der Waals surface area contributed by atoms with E-state index < -0.39 is 38.0 Å². The lowest BCUT2D eigenvalue weighted by Gasteiger charge is -2.19. The molecule has 1 rings (SSSR count). The van der Waals surface area contributed by atoms with Crippen LogP contribution < -0.4 is 11.1 Å². The number of nitrogens with two attached hydrogens (primary N) is 1. The van der Waals surface area contributed by atoms with Crippen molar-refractivity contribution in [2.24, 2.45) is 5.73 Å². The molecular weight excluding hydrogens is 383 g/mol. The summed E-state index contributed by atoms with van der Waals surface area (Å²) >= 11 is 0. The van der Waals surface area contributed by atoms with Crippen LogP contribution in [-0.4, -0.2) is 48.1 Å². The number of nitrogens with one attached hydrogen (secondary N) is 1. The van der Waals surface area contributed by atoms with Crippen molar-refractivity contribution in [2.45, 2.75) is 95.5 Å². The summed E-state index contributed by atoms with van der Waals surface area (Å²) in [4.78, 5) is 24.4. The van der Waals surface area contributed by atoms with Gasteiger partial charge < -0.3 is 25.4 Å². The number of hydrogen-bond donors (Lipinski definition) is 3. The molecule has 3 unspecified atom stereocenters. The molecule has 1 aliphatic rings. The molecule has 1 fully saturated rings. The highest BCUT2D eigenvalue weighted by Crippen LogP contribution is 2.34. The molecule has 0 aliphatic carbocycles. The van der Waals surface area contributed by atoms with E-state index in [1.807, 2.05) is 0 Å². The summed E-state index contributed by atoms with van der Waals surface area (Å²) in [5.41, 5.74) is 5.48. The van der Waals surface area contributed by atoms with Crippen LogP contribution in [0.3, 0.4) is 0 Å². The van der Waals surface area contributed by atoms with E-state index in [0.29, 0.717) is 38.8 Å². The molecule has 1 heterocycles. The molecule has 9 heteroatoms. The Balaban J connectivity index is 2.50. The number of unbranched alkanes of at least 4 members (excludes halogenated alkanes) is 5. The zero-order chi connectivity index (χ0) is 20.8. The number of rotatable bonds is 15. The van der Waals surface area contributed by atoms with Crippen molar-refractivity contribution in [1.82, 2.24) is 5.32 Å². The Labute approximate surface area is 168 Å². The van der Waals surface area contributed by atoms with E-state index in [2.05, 4.69) is 12.2 Å². The maximum Gasteiger partial charge on any atom is 0.343 e. The summed E-state index contributed by atoms with van der Waals surface area (Å²) in [7, 11) is -2.85. The molecule has 164 valence electrons. The number of hydrogen-bond acceptors (Lipinski definition) is 8. The average Bonchev–Trinajstić information content (AvgIpc) is 3.21. The van der Waals surface area contributed by atoms with E-state index in [1.54, 1.807) is 0 Å². The average molecular weight is 420 g/mol. The van der Waals surface area contributed by atoms with Gasteiger partial charge in [-0.3, -0.25) is 4.57 Å². The van der Waals surface area contributed by atoms with Crippen molar-refractivity contribution in [3.8, 4) is 0 Å². The summed E-state index contributed by atoms with van der Waals surface area (Å²) < 4.78 is 22.6. The molecule has 0 amide bonds. The fraction of sp³-hybridized carbons (Fsp3) is 0.895. The minimum Gasteiger partial charge on any atom is -0.390 e. The molecule has 0 aromatic carbocycles. The number of esters is 2. The van der Waals surface area contributed by atoms with Gasteiger partial charge in [-0.25, -0.2) is 9.59 Å². The first-order chi connectivity index (χ1) is 13.5. The second kappa shape index (κ2) is 15.1. The van der Waals surface area contributed by atoms with Crippen LogP contribution in [0.2, 0.25) is 0 Å². The number of aliphatic hydroxyl groups excluding tert-OH is 1. The van der Waals surface area contributed by atoms with E-state index in [1.165, 1.54) is 0 Å². The van der Waals surface area contributed by atoms with Crippen LogP contribution in [0.1, 0.15) is 77.6 Å². The summed E-state index contributed by atoms with van der Waals surface area (Å²) in [6.45, 7) is 3.30. The van der Waals surface area contributed by atoms with Crippen molar-refractivity contribution in [2.75, 3.05) is 13.1 Å². The second-order valence-electron chi connectivity index (χ2n) is 7.32. The van der Waals surface area contributed by atoms with Crippen LogP contribution in [-0.2, 0) is 23.4 Å². The molecule has 0 bridgehead atoms. The fourth-order valence-corrected chi connectivity index (χ4v) is 4.19. The number of carbonyl (C=O) groups is 2. The Morgan fingerprint density at radius 2 is 1.89 bits per heavy atom. The van der Waals surface area contributed by atoms with E-state index in [0.717, 1.165) is 38.5 Å². The van der Waals surface area contributed by atoms with Gasteiger partial charge in [0.2, 0.25) is 8.03 Å². The molecule has 1 aliphatic heterocycles. The maximum absolute atomic E-state index is 12.4. The highest BCUT2D eigenvalue weighted by atomic mass is 31.1. The Kier molecular flexibility index (Phi) is 13.6. The molecular formula is C19H37N2O6P. The van der Waals surface area contributed by atoms with Crippen molar-refractivity contribution in [3.05, 3.63) is 0 Å². The Bertz CT molecular complexity index is 485. The predicted octanol–water partition coefficient (Wildman–Crippen LogP) is 2.48. The molecule has 1 saturated heterocycles. The van der Waals surface area contributed by atoms with Crippen LogP contribution in [0.15, 0.2) is 0 Å². The Hall–Kier alpha value is -0.790. The fourth-order valence-electron chi connectivity index (χ4n) is 3.10. The minimum absolute atomic E-state index is 0.251. The highest BCUT2D eigenvalue weighted by molar-refractivity contribution is 7.39. The van der Waals surface area contributed by atoms with Crippen molar-refractivity contribution >= 4 is 20.0 Å². The molecule has 4 atom stereocenters. The van der Waals surface area contributed by atoms with E-state index in [9.17, 15) is 19.3 Å². The smallest absolute Gasteiger partial charge is 0.343 e. The summed E-state index contributed by atoms with van der Waals surface area (Å²) in [5.74, 6) is -2.57. The van der Waals surface area contributed by atoms with Crippen LogP contribution >= 0.6 is 8.03 Å². The predicted molar refractivity (Wildman–Crippen MR) is 108 cm³/mol. The summed E-state index contributed by atoms with van der Waals surface area (Å²) in [5, 5.41) is 13.1. The van der Waals surface area contributed by atoms with E-state index in [-0.39, 0.29) is 6.42 Å². The third kappa shape index (κ3) is 10.1. The molecule has 28 heavy (non-hydrogen) atoms. The number of ether oxygens (including phenoxy) is 1. The van der Waals surface area contributed by atoms with E-state index in [4.69, 9.17) is 15.0 Å². The molecule has 0 saturated carbocycles. The minimum atomic E-state index is -2.85. The number of aliphatic hydroxyl groups is 1. The molecule has 0 aromatic heterocycles. The van der Waals surface area contributed by atoms with Gasteiger partial charge >= 0.3 is 11.9 Å². The topological polar surface area (TPSA) is 128 Å². The SMILES string of the molecule is CCCCCCCC(O)[PH](=O)OC(CCCCN)C(=O)OC(=O)[C@@H]1CCCN1. The lowest BCUT2D eigenvalue weighted by Crippen LogP contribution is -2.37. The van der Waals surface area contributed by atoms with Gasteiger partial charge in [-0.1, -0.05) is 39.0 Å².